The molecule has 5 heteroatoms. The number of piperidine rings is 1. The van der Waals surface area contributed by atoms with Crippen LogP contribution < -0.4 is 16.0 Å². The minimum atomic E-state index is -0.111. The molecule has 1 aliphatic heterocycles. The number of thiophene rings is 1. The lowest BCUT2D eigenvalue weighted by atomic mass is 10.1. The monoisotopic (exact) mass is 265 g/mol. The predicted octanol–water partition coefficient (Wildman–Crippen LogP) is 2.24. The number of anilines is 2. The molecule has 18 heavy (non-hydrogen) atoms. The van der Waals surface area contributed by atoms with E-state index in [-0.39, 0.29) is 5.91 Å². The maximum absolute atomic E-state index is 11.9. The molecular weight excluding hydrogens is 246 g/mol. The van der Waals surface area contributed by atoms with Crippen molar-refractivity contribution in [2.24, 2.45) is 0 Å². The van der Waals surface area contributed by atoms with Crippen molar-refractivity contribution in [3.05, 3.63) is 23.6 Å². The molecule has 0 spiro atoms. The number of hydrogen-bond acceptors (Lipinski definition) is 4. The van der Waals surface area contributed by atoms with E-state index in [1.165, 1.54) is 30.6 Å². The van der Waals surface area contributed by atoms with E-state index in [1.807, 2.05) is 6.07 Å². The fourth-order valence-corrected chi connectivity index (χ4v) is 3.13. The van der Waals surface area contributed by atoms with E-state index in [9.17, 15) is 4.79 Å². The molecule has 1 aromatic rings. The highest BCUT2D eigenvalue weighted by molar-refractivity contribution is 7.18. The third-order valence-electron chi connectivity index (χ3n) is 3.03. The fourth-order valence-electron chi connectivity index (χ4n) is 2.08. The lowest BCUT2D eigenvalue weighted by molar-refractivity contribution is 0.0963. The summed E-state index contributed by atoms with van der Waals surface area (Å²) in [5.74, 6) is -0.111. The number of nitrogens with two attached hydrogens (primary N) is 1. The van der Waals surface area contributed by atoms with Crippen LogP contribution in [0.3, 0.4) is 0 Å². The van der Waals surface area contributed by atoms with Crippen molar-refractivity contribution in [1.82, 2.24) is 5.32 Å². The number of amides is 1. The molecule has 1 aliphatic rings. The molecule has 0 radical (unpaired) electrons. The minimum Gasteiger partial charge on any atom is -0.397 e. The first kappa shape index (κ1) is 13.0. The van der Waals surface area contributed by atoms with Crippen molar-refractivity contribution in [2.75, 3.05) is 30.3 Å². The van der Waals surface area contributed by atoms with Crippen LogP contribution in [0.2, 0.25) is 0 Å². The Morgan fingerprint density at radius 1 is 1.50 bits per heavy atom. The predicted molar refractivity (Wildman–Crippen MR) is 77.3 cm³/mol. The first-order valence-corrected chi connectivity index (χ1v) is 7.07. The Morgan fingerprint density at radius 2 is 2.22 bits per heavy atom. The highest BCUT2D eigenvalue weighted by atomic mass is 32.1. The van der Waals surface area contributed by atoms with Gasteiger partial charge in [-0.3, -0.25) is 4.79 Å². The molecule has 0 saturated carbocycles. The van der Waals surface area contributed by atoms with E-state index >= 15 is 0 Å². The molecule has 2 rings (SSSR count). The van der Waals surface area contributed by atoms with Crippen LogP contribution in [-0.4, -0.2) is 25.5 Å². The van der Waals surface area contributed by atoms with Gasteiger partial charge in [0.2, 0.25) is 0 Å². The third-order valence-corrected chi connectivity index (χ3v) is 4.24. The molecule has 0 aliphatic carbocycles. The Kier molecular flexibility index (Phi) is 4.25. The van der Waals surface area contributed by atoms with Crippen LogP contribution in [0.1, 0.15) is 28.9 Å². The molecule has 98 valence electrons. The lowest BCUT2D eigenvalue weighted by Gasteiger charge is -2.26. The number of carbonyl (C=O) groups is 1. The van der Waals surface area contributed by atoms with Crippen LogP contribution >= 0.6 is 11.3 Å². The summed E-state index contributed by atoms with van der Waals surface area (Å²) in [5.41, 5.74) is 6.49. The van der Waals surface area contributed by atoms with Crippen molar-refractivity contribution in [2.45, 2.75) is 19.3 Å². The van der Waals surface area contributed by atoms with E-state index in [4.69, 9.17) is 5.73 Å². The van der Waals surface area contributed by atoms with Crippen molar-refractivity contribution < 1.29 is 4.79 Å². The van der Waals surface area contributed by atoms with Gasteiger partial charge < -0.3 is 16.0 Å². The molecule has 2 heterocycles. The van der Waals surface area contributed by atoms with Crippen LogP contribution in [0, 0.1) is 0 Å². The normalized spacial score (nSPS) is 15.4. The van der Waals surface area contributed by atoms with Crippen molar-refractivity contribution in [1.29, 1.82) is 0 Å². The molecule has 0 atom stereocenters. The average molecular weight is 265 g/mol. The zero-order valence-electron chi connectivity index (χ0n) is 10.4. The molecular formula is C13H19N3OS. The van der Waals surface area contributed by atoms with E-state index in [0.29, 0.717) is 17.1 Å². The quantitative estimate of drug-likeness (QED) is 0.821. The SMILES string of the molecule is C=CCNC(=O)c1sc(N2CCCCC2)cc1N. The smallest absolute Gasteiger partial charge is 0.263 e. The highest BCUT2D eigenvalue weighted by Gasteiger charge is 2.18. The number of nitrogens with one attached hydrogen (secondary N) is 1. The number of hydrogen-bond donors (Lipinski definition) is 2. The Balaban J connectivity index is 2.10. The van der Waals surface area contributed by atoms with Gasteiger partial charge in [-0.2, -0.15) is 0 Å². The summed E-state index contributed by atoms with van der Waals surface area (Å²) >= 11 is 1.48. The van der Waals surface area contributed by atoms with Gasteiger partial charge in [-0.15, -0.1) is 17.9 Å². The second kappa shape index (κ2) is 5.91. The molecule has 4 nitrogen and oxygen atoms in total. The Morgan fingerprint density at radius 3 is 2.89 bits per heavy atom. The van der Waals surface area contributed by atoms with Crippen LogP contribution in [0.4, 0.5) is 10.7 Å². The second-order valence-electron chi connectivity index (χ2n) is 4.42. The molecule has 1 amide bonds. The maximum Gasteiger partial charge on any atom is 0.263 e. The Hall–Kier alpha value is -1.49. The summed E-state index contributed by atoms with van der Waals surface area (Å²) in [5, 5.41) is 3.87. The van der Waals surface area contributed by atoms with Gasteiger partial charge in [-0.25, -0.2) is 0 Å². The summed E-state index contributed by atoms with van der Waals surface area (Å²) in [6.45, 7) is 6.17. The summed E-state index contributed by atoms with van der Waals surface area (Å²) in [6, 6.07) is 1.92. The van der Waals surface area contributed by atoms with Gasteiger partial charge in [0.25, 0.3) is 5.91 Å². The second-order valence-corrected chi connectivity index (χ2v) is 5.45. The largest absolute Gasteiger partial charge is 0.397 e. The third kappa shape index (κ3) is 2.85. The number of rotatable bonds is 4. The van der Waals surface area contributed by atoms with Gasteiger partial charge in [0, 0.05) is 19.6 Å². The van der Waals surface area contributed by atoms with Crippen LogP contribution in [-0.2, 0) is 0 Å². The number of nitrogens with zero attached hydrogens (tertiary/aromatic N) is 1. The molecule has 0 unspecified atom stereocenters. The highest BCUT2D eigenvalue weighted by Crippen LogP contribution is 2.33. The van der Waals surface area contributed by atoms with E-state index in [1.54, 1.807) is 6.08 Å². The molecule has 1 fully saturated rings. The van der Waals surface area contributed by atoms with Crippen LogP contribution in [0.25, 0.3) is 0 Å². The molecule has 1 saturated heterocycles. The average Bonchev–Trinajstić information content (AvgIpc) is 2.79. The number of nitrogen functional groups attached to an aromatic ring is 1. The molecule has 0 bridgehead atoms. The standard InChI is InChI=1S/C13H19N3OS/c1-2-6-15-13(17)12-10(14)9-11(18-12)16-7-4-3-5-8-16/h2,9H,1,3-8,14H2,(H,15,17). The van der Waals surface area contributed by atoms with Gasteiger partial charge in [0.15, 0.2) is 0 Å². The lowest BCUT2D eigenvalue weighted by Crippen LogP contribution is -2.28. The molecule has 1 aromatic heterocycles. The maximum atomic E-state index is 11.9. The van der Waals surface area contributed by atoms with Gasteiger partial charge in [0.05, 0.1) is 10.7 Å². The van der Waals surface area contributed by atoms with Crippen LogP contribution in [0.15, 0.2) is 18.7 Å². The summed E-state index contributed by atoms with van der Waals surface area (Å²) < 4.78 is 0. The summed E-state index contributed by atoms with van der Waals surface area (Å²) in [4.78, 5) is 14.8. The van der Waals surface area contributed by atoms with Gasteiger partial charge >= 0.3 is 0 Å². The topological polar surface area (TPSA) is 58.4 Å². The van der Waals surface area contributed by atoms with E-state index in [2.05, 4.69) is 16.8 Å². The van der Waals surface area contributed by atoms with Crippen LogP contribution in [0.5, 0.6) is 0 Å². The Labute approximate surface area is 111 Å². The van der Waals surface area contributed by atoms with Crippen molar-refractivity contribution in [3.63, 3.8) is 0 Å². The summed E-state index contributed by atoms with van der Waals surface area (Å²) in [7, 11) is 0. The fraction of sp³-hybridized carbons (Fsp3) is 0.462. The zero-order valence-corrected chi connectivity index (χ0v) is 11.3. The van der Waals surface area contributed by atoms with E-state index < -0.39 is 0 Å². The summed E-state index contributed by atoms with van der Waals surface area (Å²) in [6.07, 6.45) is 5.39. The molecule has 0 aromatic carbocycles. The van der Waals surface area contributed by atoms with Gasteiger partial charge in [0.1, 0.15) is 4.88 Å². The van der Waals surface area contributed by atoms with Crippen molar-refractivity contribution >= 4 is 27.9 Å². The Bertz CT molecular complexity index is 435. The van der Waals surface area contributed by atoms with Crippen molar-refractivity contribution in [3.8, 4) is 0 Å². The van der Waals surface area contributed by atoms with E-state index in [0.717, 1.165) is 18.1 Å². The first-order valence-electron chi connectivity index (χ1n) is 6.25. The van der Waals surface area contributed by atoms with Gasteiger partial charge in [-0.05, 0) is 25.3 Å². The number of carbonyl (C=O) groups excluding carboxylic acids is 1. The minimum absolute atomic E-state index is 0.111. The zero-order chi connectivity index (χ0) is 13.0. The van der Waals surface area contributed by atoms with Gasteiger partial charge in [-0.1, -0.05) is 6.08 Å². The first-order chi connectivity index (χ1) is 8.72. The molecule has 3 N–H and O–H groups in total.